The minimum absolute atomic E-state index is 0.0941. The van der Waals surface area contributed by atoms with Crippen LogP contribution in [-0.2, 0) is 9.59 Å². The maximum atomic E-state index is 13.5. The number of halogens is 1. The Morgan fingerprint density at radius 1 is 1.38 bits per heavy atom. The first-order valence-corrected chi connectivity index (χ1v) is 6.49. The molecule has 0 radical (unpaired) electrons. The molecule has 0 spiro atoms. The number of benzene rings is 1. The molecule has 21 heavy (non-hydrogen) atoms. The zero-order valence-electron chi connectivity index (χ0n) is 11.7. The minimum atomic E-state index is -1.45. The molecule has 3 atom stereocenters. The number of aliphatic hydroxyl groups is 1. The Morgan fingerprint density at radius 3 is 2.48 bits per heavy atom. The van der Waals surface area contributed by atoms with Crippen LogP contribution in [0.5, 0.6) is 5.75 Å². The van der Waals surface area contributed by atoms with Crippen molar-refractivity contribution in [1.82, 2.24) is 5.32 Å². The number of aliphatic carboxylic acids is 1. The molecule has 0 fully saturated rings. The first kappa shape index (κ1) is 16.9. The molecule has 6 nitrogen and oxygen atoms in total. The summed E-state index contributed by atoms with van der Waals surface area (Å²) in [4.78, 5) is 22.9. The van der Waals surface area contributed by atoms with Crippen molar-refractivity contribution < 1.29 is 28.9 Å². The van der Waals surface area contributed by atoms with Crippen molar-refractivity contribution in [3.05, 3.63) is 30.1 Å². The topological polar surface area (TPSA) is 95.9 Å². The SMILES string of the molecule is CCC(Oc1ccccc1F)C(=O)N[C@H](C(=O)O)[C@@H](C)O. The van der Waals surface area contributed by atoms with Crippen LogP contribution in [0.2, 0.25) is 0 Å². The smallest absolute Gasteiger partial charge is 0.328 e. The Bertz CT molecular complexity index is 506. The third-order valence-electron chi connectivity index (χ3n) is 2.82. The second-order valence-corrected chi connectivity index (χ2v) is 4.51. The van der Waals surface area contributed by atoms with Crippen LogP contribution in [0, 0.1) is 5.82 Å². The first-order chi connectivity index (χ1) is 9.86. The van der Waals surface area contributed by atoms with Crippen molar-refractivity contribution >= 4 is 11.9 Å². The molecule has 116 valence electrons. The second-order valence-electron chi connectivity index (χ2n) is 4.51. The van der Waals surface area contributed by atoms with E-state index in [0.717, 1.165) is 0 Å². The fourth-order valence-corrected chi connectivity index (χ4v) is 1.65. The molecule has 1 amide bonds. The van der Waals surface area contributed by atoms with Gasteiger partial charge in [-0.15, -0.1) is 0 Å². The van der Waals surface area contributed by atoms with Gasteiger partial charge in [0.1, 0.15) is 0 Å². The van der Waals surface area contributed by atoms with Crippen molar-refractivity contribution in [3.8, 4) is 5.75 Å². The average molecular weight is 299 g/mol. The van der Waals surface area contributed by atoms with Gasteiger partial charge in [0.25, 0.3) is 5.91 Å². The van der Waals surface area contributed by atoms with Crippen molar-refractivity contribution in [2.45, 2.75) is 38.5 Å². The molecule has 0 aliphatic rings. The number of ether oxygens (including phenoxy) is 1. The van der Waals surface area contributed by atoms with Gasteiger partial charge in [-0.05, 0) is 25.5 Å². The van der Waals surface area contributed by atoms with E-state index < -0.39 is 35.9 Å². The molecule has 1 rings (SSSR count). The number of para-hydroxylation sites is 1. The maximum Gasteiger partial charge on any atom is 0.328 e. The largest absolute Gasteiger partial charge is 0.480 e. The number of hydrogen-bond acceptors (Lipinski definition) is 4. The highest BCUT2D eigenvalue weighted by atomic mass is 19.1. The van der Waals surface area contributed by atoms with Crippen molar-refractivity contribution in [3.63, 3.8) is 0 Å². The Morgan fingerprint density at radius 2 is 2.00 bits per heavy atom. The predicted octanol–water partition coefficient (Wildman–Crippen LogP) is 0.933. The zero-order valence-corrected chi connectivity index (χ0v) is 11.7. The van der Waals surface area contributed by atoms with Crippen LogP contribution in [0.4, 0.5) is 4.39 Å². The number of nitrogens with one attached hydrogen (secondary N) is 1. The highest BCUT2D eigenvalue weighted by Crippen LogP contribution is 2.18. The van der Waals surface area contributed by atoms with Gasteiger partial charge in [0.15, 0.2) is 23.7 Å². The van der Waals surface area contributed by atoms with Gasteiger partial charge in [-0.1, -0.05) is 19.1 Å². The molecular weight excluding hydrogens is 281 g/mol. The molecule has 0 saturated carbocycles. The lowest BCUT2D eigenvalue weighted by Crippen LogP contribution is -2.51. The number of rotatable bonds is 7. The standard InChI is InChI=1S/C14H18FNO5/c1-3-10(21-11-7-5-4-6-9(11)15)13(18)16-12(8(2)17)14(19)20/h4-8,10,12,17H,3H2,1-2H3,(H,16,18)(H,19,20)/t8-,10?,12+/m1/s1. The van der Waals surface area contributed by atoms with Crippen LogP contribution >= 0.6 is 0 Å². The monoisotopic (exact) mass is 299 g/mol. The Labute approximate surface area is 121 Å². The van der Waals surface area contributed by atoms with Crippen molar-refractivity contribution in [2.24, 2.45) is 0 Å². The van der Waals surface area contributed by atoms with Crippen LogP contribution < -0.4 is 10.1 Å². The number of carbonyl (C=O) groups excluding carboxylic acids is 1. The van der Waals surface area contributed by atoms with Gasteiger partial charge in [0.05, 0.1) is 6.10 Å². The fourth-order valence-electron chi connectivity index (χ4n) is 1.65. The molecular formula is C14H18FNO5. The predicted molar refractivity (Wildman–Crippen MR) is 72.4 cm³/mol. The summed E-state index contributed by atoms with van der Waals surface area (Å²) in [6.45, 7) is 2.89. The molecule has 0 heterocycles. The molecule has 0 aliphatic carbocycles. The van der Waals surface area contributed by atoms with Gasteiger partial charge < -0.3 is 20.3 Å². The summed E-state index contributed by atoms with van der Waals surface area (Å²) in [5.41, 5.74) is 0. The molecule has 1 aromatic rings. The Kier molecular flexibility index (Phi) is 6.10. The van der Waals surface area contributed by atoms with Gasteiger partial charge in [-0.3, -0.25) is 4.79 Å². The van der Waals surface area contributed by atoms with E-state index in [2.05, 4.69) is 5.32 Å². The quantitative estimate of drug-likeness (QED) is 0.696. The molecule has 3 N–H and O–H groups in total. The van der Waals surface area contributed by atoms with E-state index in [1.54, 1.807) is 13.0 Å². The van der Waals surface area contributed by atoms with Crippen LogP contribution in [0.15, 0.2) is 24.3 Å². The van der Waals surface area contributed by atoms with Crippen LogP contribution in [0.3, 0.4) is 0 Å². The van der Waals surface area contributed by atoms with E-state index in [1.807, 2.05) is 0 Å². The average Bonchev–Trinajstić information content (AvgIpc) is 2.42. The Hall–Kier alpha value is -2.15. The van der Waals surface area contributed by atoms with Gasteiger partial charge in [-0.25, -0.2) is 9.18 Å². The summed E-state index contributed by atoms with van der Waals surface area (Å²) < 4.78 is 18.7. The van der Waals surface area contributed by atoms with E-state index in [-0.39, 0.29) is 12.2 Å². The minimum Gasteiger partial charge on any atom is -0.480 e. The number of carboxylic acid groups (broad SMARTS) is 1. The van der Waals surface area contributed by atoms with Crippen molar-refractivity contribution in [2.75, 3.05) is 0 Å². The molecule has 0 saturated heterocycles. The molecule has 1 unspecified atom stereocenters. The molecule has 0 bridgehead atoms. The number of amides is 1. The fraction of sp³-hybridized carbons (Fsp3) is 0.429. The van der Waals surface area contributed by atoms with Crippen LogP contribution in [0.1, 0.15) is 20.3 Å². The van der Waals surface area contributed by atoms with Gasteiger partial charge >= 0.3 is 5.97 Å². The summed E-state index contributed by atoms with van der Waals surface area (Å²) in [6, 6.07) is 4.15. The normalized spacial score (nSPS) is 14.9. The number of carbonyl (C=O) groups is 2. The van der Waals surface area contributed by atoms with Crippen molar-refractivity contribution in [1.29, 1.82) is 0 Å². The van der Waals surface area contributed by atoms with E-state index in [4.69, 9.17) is 9.84 Å². The van der Waals surface area contributed by atoms with Crippen LogP contribution in [-0.4, -0.2) is 40.3 Å². The number of carboxylic acids is 1. The molecule has 7 heteroatoms. The number of hydrogen-bond donors (Lipinski definition) is 3. The number of aliphatic hydroxyl groups excluding tert-OH is 1. The maximum absolute atomic E-state index is 13.5. The lowest BCUT2D eigenvalue weighted by molar-refractivity contribution is -0.146. The molecule has 1 aromatic carbocycles. The summed E-state index contributed by atoms with van der Waals surface area (Å²) in [6.07, 6.45) is -2.10. The summed E-state index contributed by atoms with van der Waals surface area (Å²) in [5.74, 6) is -2.80. The van der Waals surface area contributed by atoms with Crippen LogP contribution in [0.25, 0.3) is 0 Å². The highest BCUT2D eigenvalue weighted by molar-refractivity contribution is 5.86. The Balaban J connectivity index is 2.78. The van der Waals surface area contributed by atoms with E-state index in [9.17, 15) is 19.1 Å². The lowest BCUT2D eigenvalue weighted by Gasteiger charge is -2.22. The summed E-state index contributed by atoms with van der Waals surface area (Å²) >= 11 is 0. The van der Waals surface area contributed by atoms with E-state index >= 15 is 0 Å². The first-order valence-electron chi connectivity index (χ1n) is 6.49. The van der Waals surface area contributed by atoms with Gasteiger partial charge in [0.2, 0.25) is 0 Å². The van der Waals surface area contributed by atoms with E-state index in [1.165, 1.54) is 25.1 Å². The third-order valence-corrected chi connectivity index (χ3v) is 2.82. The summed E-state index contributed by atoms with van der Waals surface area (Å²) in [5, 5.41) is 20.4. The van der Waals surface area contributed by atoms with Gasteiger partial charge in [-0.2, -0.15) is 0 Å². The zero-order chi connectivity index (χ0) is 16.0. The molecule has 0 aliphatic heterocycles. The highest BCUT2D eigenvalue weighted by Gasteiger charge is 2.29. The van der Waals surface area contributed by atoms with E-state index in [0.29, 0.717) is 0 Å². The third kappa shape index (κ3) is 4.71. The summed E-state index contributed by atoms with van der Waals surface area (Å²) in [7, 11) is 0. The molecule has 0 aromatic heterocycles. The second kappa shape index (κ2) is 7.58. The lowest BCUT2D eigenvalue weighted by atomic mass is 10.1. The van der Waals surface area contributed by atoms with Gasteiger partial charge in [0, 0.05) is 0 Å².